The van der Waals surface area contributed by atoms with Crippen LogP contribution in [0.3, 0.4) is 0 Å². The SMILES string of the molecule is CC(O)CNC(=O)C(CC(C)(C)C(C)(C)C(CC(C)(C)C)C(=O)NC(C)C)C(C)(C)C. The van der Waals surface area contributed by atoms with Crippen LogP contribution in [0.5, 0.6) is 0 Å². The van der Waals surface area contributed by atoms with Crippen LogP contribution < -0.4 is 10.6 Å². The van der Waals surface area contributed by atoms with Crippen LogP contribution >= 0.6 is 0 Å². The Morgan fingerprint density at radius 1 is 0.774 bits per heavy atom. The van der Waals surface area contributed by atoms with E-state index in [0.717, 1.165) is 6.42 Å². The summed E-state index contributed by atoms with van der Waals surface area (Å²) in [6, 6.07) is 0.0856. The summed E-state index contributed by atoms with van der Waals surface area (Å²) in [6.45, 7) is 27.4. The highest BCUT2D eigenvalue weighted by Gasteiger charge is 2.50. The first-order chi connectivity index (χ1) is 13.6. The maximum atomic E-state index is 13.3. The van der Waals surface area contributed by atoms with Crippen molar-refractivity contribution in [3.05, 3.63) is 0 Å². The third-order valence-electron chi connectivity index (χ3n) is 6.83. The smallest absolute Gasteiger partial charge is 0.223 e. The Labute approximate surface area is 192 Å². The molecule has 5 nitrogen and oxygen atoms in total. The van der Waals surface area contributed by atoms with Crippen molar-refractivity contribution in [2.45, 2.75) is 115 Å². The lowest BCUT2D eigenvalue weighted by Crippen LogP contribution is -2.51. The number of carbonyl (C=O) groups is 2. The molecule has 3 unspecified atom stereocenters. The minimum atomic E-state index is -0.579. The molecule has 5 heteroatoms. The van der Waals surface area contributed by atoms with Crippen molar-refractivity contribution in [2.24, 2.45) is 33.5 Å². The summed E-state index contributed by atoms with van der Waals surface area (Å²) in [7, 11) is 0. The zero-order valence-electron chi connectivity index (χ0n) is 22.7. The molecule has 0 aromatic heterocycles. The molecular formula is C26H52N2O3. The van der Waals surface area contributed by atoms with E-state index in [1.54, 1.807) is 6.92 Å². The van der Waals surface area contributed by atoms with E-state index >= 15 is 0 Å². The molecular weight excluding hydrogens is 388 g/mol. The molecule has 31 heavy (non-hydrogen) atoms. The molecule has 0 aliphatic rings. The summed E-state index contributed by atoms with van der Waals surface area (Å²) in [5, 5.41) is 15.7. The van der Waals surface area contributed by atoms with Gasteiger partial charge in [0.05, 0.1) is 6.10 Å². The van der Waals surface area contributed by atoms with Crippen molar-refractivity contribution in [3.63, 3.8) is 0 Å². The van der Waals surface area contributed by atoms with Crippen molar-refractivity contribution in [1.82, 2.24) is 10.6 Å². The van der Waals surface area contributed by atoms with E-state index in [1.165, 1.54) is 0 Å². The summed E-state index contributed by atoms with van der Waals surface area (Å²) in [5.74, 6) is -0.347. The Morgan fingerprint density at radius 3 is 1.61 bits per heavy atom. The highest BCUT2D eigenvalue weighted by atomic mass is 16.3. The minimum absolute atomic E-state index is 0.00437. The zero-order chi connectivity index (χ0) is 25.0. The van der Waals surface area contributed by atoms with Crippen molar-refractivity contribution in [1.29, 1.82) is 0 Å². The molecule has 3 N–H and O–H groups in total. The predicted octanol–water partition coefficient (Wildman–Crippen LogP) is 5.17. The monoisotopic (exact) mass is 440 g/mol. The van der Waals surface area contributed by atoms with Gasteiger partial charge in [-0.25, -0.2) is 0 Å². The second-order valence-corrected chi connectivity index (χ2v) is 13.3. The van der Waals surface area contributed by atoms with Gasteiger partial charge in [-0.15, -0.1) is 0 Å². The summed E-state index contributed by atoms with van der Waals surface area (Å²) < 4.78 is 0. The number of aliphatic hydroxyl groups excluding tert-OH is 1. The third-order valence-corrected chi connectivity index (χ3v) is 6.83. The zero-order valence-corrected chi connectivity index (χ0v) is 22.7. The second-order valence-electron chi connectivity index (χ2n) is 13.3. The van der Waals surface area contributed by atoms with Gasteiger partial charge >= 0.3 is 0 Å². The summed E-state index contributed by atoms with van der Waals surface area (Å²) >= 11 is 0. The van der Waals surface area contributed by atoms with E-state index in [9.17, 15) is 14.7 Å². The topological polar surface area (TPSA) is 78.4 Å². The van der Waals surface area contributed by atoms with E-state index in [1.807, 2.05) is 13.8 Å². The number of carbonyl (C=O) groups excluding carboxylic acids is 2. The van der Waals surface area contributed by atoms with Gasteiger partial charge < -0.3 is 15.7 Å². The minimum Gasteiger partial charge on any atom is -0.392 e. The number of hydrogen-bond donors (Lipinski definition) is 3. The van der Waals surface area contributed by atoms with Crippen LogP contribution in [-0.4, -0.2) is 35.6 Å². The molecule has 0 spiro atoms. The third kappa shape index (κ3) is 9.51. The van der Waals surface area contributed by atoms with Gasteiger partial charge in [-0.3, -0.25) is 9.59 Å². The van der Waals surface area contributed by atoms with E-state index in [2.05, 4.69) is 79.9 Å². The molecule has 0 fully saturated rings. The lowest BCUT2D eigenvalue weighted by molar-refractivity contribution is -0.138. The molecule has 0 rings (SSSR count). The fourth-order valence-corrected chi connectivity index (χ4v) is 4.08. The fraction of sp³-hybridized carbons (Fsp3) is 0.923. The van der Waals surface area contributed by atoms with Crippen LogP contribution in [0.1, 0.15) is 103 Å². The molecule has 0 aromatic carbocycles. The van der Waals surface area contributed by atoms with Crippen LogP contribution in [0, 0.1) is 33.5 Å². The van der Waals surface area contributed by atoms with Crippen LogP contribution in [-0.2, 0) is 9.59 Å². The first kappa shape index (κ1) is 29.9. The molecule has 3 atom stereocenters. The molecule has 2 amide bonds. The maximum Gasteiger partial charge on any atom is 0.223 e. The van der Waals surface area contributed by atoms with E-state index in [4.69, 9.17) is 0 Å². The van der Waals surface area contributed by atoms with Gasteiger partial charge in [0.1, 0.15) is 0 Å². The molecule has 0 radical (unpaired) electrons. The Hall–Kier alpha value is -1.10. The van der Waals surface area contributed by atoms with Gasteiger partial charge in [0.25, 0.3) is 0 Å². The lowest BCUT2D eigenvalue weighted by atomic mass is 9.54. The van der Waals surface area contributed by atoms with Crippen LogP contribution in [0.15, 0.2) is 0 Å². The van der Waals surface area contributed by atoms with E-state index in [0.29, 0.717) is 6.42 Å². The van der Waals surface area contributed by atoms with Crippen molar-refractivity contribution >= 4 is 11.8 Å². The van der Waals surface area contributed by atoms with Crippen LogP contribution in [0.25, 0.3) is 0 Å². The first-order valence-corrected chi connectivity index (χ1v) is 11.9. The Kier molecular flexibility index (Phi) is 10.3. The van der Waals surface area contributed by atoms with Crippen molar-refractivity contribution in [2.75, 3.05) is 6.54 Å². The summed E-state index contributed by atoms with van der Waals surface area (Å²) in [5.41, 5.74) is -0.856. The Bertz CT molecular complexity index is 593. The van der Waals surface area contributed by atoms with Crippen LogP contribution in [0.4, 0.5) is 0 Å². The summed E-state index contributed by atoms with van der Waals surface area (Å²) in [4.78, 5) is 26.4. The Morgan fingerprint density at radius 2 is 1.26 bits per heavy atom. The predicted molar refractivity (Wildman–Crippen MR) is 131 cm³/mol. The van der Waals surface area contributed by atoms with Gasteiger partial charge in [0, 0.05) is 24.4 Å². The largest absolute Gasteiger partial charge is 0.392 e. The standard InChI is InChI=1S/C26H52N2O3/c1-17(2)28-22(31)20(14-23(4,5)6)26(12,13)25(10,11)15-19(24(7,8)9)21(30)27-16-18(3)29/h17-20,29H,14-16H2,1-13H3,(H,27,30)(H,28,31). The molecule has 0 bridgehead atoms. The maximum absolute atomic E-state index is 13.3. The van der Waals surface area contributed by atoms with E-state index in [-0.39, 0.29) is 57.9 Å². The average Bonchev–Trinajstić information content (AvgIpc) is 2.52. The van der Waals surface area contributed by atoms with Gasteiger partial charge in [-0.1, -0.05) is 69.2 Å². The number of hydrogen-bond acceptors (Lipinski definition) is 3. The molecule has 0 aromatic rings. The van der Waals surface area contributed by atoms with Crippen molar-refractivity contribution in [3.8, 4) is 0 Å². The molecule has 0 heterocycles. The quantitative estimate of drug-likeness (QED) is 0.439. The second kappa shape index (κ2) is 10.7. The molecule has 0 aliphatic heterocycles. The number of nitrogens with one attached hydrogen (secondary N) is 2. The highest BCUT2D eigenvalue weighted by Crippen LogP contribution is 2.53. The molecule has 0 saturated carbocycles. The fourth-order valence-electron chi connectivity index (χ4n) is 4.08. The molecule has 184 valence electrons. The van der Waals surface area contributed by atoms with E-state index < -0.39 is 6.10 Å². The average molecular weight is 441 g/mol. The Balaban J connectivity index is 6.03. The lowest BCUT2D eigenvalue weighted by Gasteiger charge is -2.50. The van der Waals surface area contributed by atoms with Gasteiger partial charge in [-0.2, -0.15) is 0 Å². The number of aliphatic hydroxyl groups is 1. The van der Waals surface area contributed by atoms with Gasteiger partial charge in [0.2, 0.25) is 11.8 Å². The molecule has 0 aliphatic carbocycles. The number of amides is 2. The first-order valence-electron chi connectivity index (χ1n) is 11.9. The highest BCUT2D eigenvalue weighted by molar-refractivity contribution is 5.80. The van der Waals surface area contributed by atoms with Crippen LogP contribution in [0.2, 0.25) is 0 Å². The summed E-state index contributed by atoms with van der Waals surface area (Å²) in [6.07, 6.45) is 0.853. The van der Waals surface area contributed by atoms with Gasteiger partial charge in [-0.05, 0) is 55.3 Å². The van der Waals surface area contributed by atoms with Gasteiger partial charge in [0.15, 0.2) is 0 Å². The normalized spacial score (nSPS) is 16.6. The molecule has 0 saturated heterocycles. The number of rotatable bonds is 10. The van der Waals surface area contributed by atoms with Crippen molar-refractivity contribution < 1.29 is 14.7 Å².